The van der Waals surface area contributed by atoms with Gasteiger partial charge in [-0.15, -0.1) is 0 Å². The van der Waals surface area contributed by atoms with Gasteiger partial charge >= 0.3 is 11.9 Å². The summed E-state index contributed by atoms with van der Waals surface area (Å²) in [6, 6.07) is 4.58. The first-order valence-electron chi connectivity index (χ1n) is 12.6. The molecule has 40 heavy (non-hydrogen) atoms. The molecule has 0 fully saturated rings. The summed E-state index contributed by atoms with van der Waals surface area (Å²) >= 11 is 2.09. The van der Waals surface area contributed by atoms with Gasteiger partial charge < -0.3 is 24.3 Å². The number of thioether (sulfide) groups is 1. The smallest absolute Gasteiger partial charge is 0.350 e. The number of amidine groups is 1. The van der Waals surface area contributed by atoms with E-state index in [1.54, 1.807) is 33.8 Å². The summed E-state index contributed by atoms with van der Waals surface area (Å²) in [5, 5.41) is 5.33. The molecule has 0 spiro atoms. The van der Waals surface area contributed by atoms with Gasteiger partial charge in [0.2, 0.25) is 0 Å². The van der Waals surface area contributed by atoms with E-state index in [1.807, 2.05) is 13.8 Å². The molecule has 0 saturated heterocycles. The fourth-order valence-electron chi connectivity index (χ4n) is 3.29. The standard InChI is InChI=1S/C26H32N4O8S2/c1-7-35-21(32)18-12-27-24(39-18)29-20(31)15-9-16(37-14(3)4)11-17(10-15)38-26(5,6)23(34)30-25-28-13-19(40-25)22(33)36-8-2/h9-12,14,19H,7-8,13H2,1-6H3,(H,27,29,31)(H,28,30,34). The molecule has 3 rings (SSSR count). The van der Waals surface area contributed by atoms with Crippen LogP contribution >= 0.6 is 23.1 Å². The summed E-state index contributed by atoms with van der Waals surface area (Å²) in [4.78, 5) is 58.5. The first-order chi connectivity index (χ1) is 18.9. The van der Waals surface area contributed by atoms with E-state index < -0.39 is 34.6 Å². The van der Waals surface area contributed by atoms with Gasteiger partial charge in [0.15, 0.2) is 15.9 Å². The van der Waals surface area contributed by atoms with E-state index >= 15 is 0 Å². The average molecular weight is 593 g/mol. The fraction of sp³-hybridized carbons (Fsp3) is 0.462. The maximum atomic E-state index is 13.1. The van der Waals surface area contributed by atoms with Gasteiger partial charge in [0.25, 0.3) is 11.8 Å². The minimum Gasteiger partial charge on any atom is -0.491 e. The van der Waals surface area contributed by atoms with Gasteiger partial charge in [0, 0.05) is 11.6 Å². The van der Waals surface area contributed by atoms with Crippen molar-refractivity contribution >= 4 is 57.2 Å². The molecule has 1 aromatic heterocycles. The van der Waals surface area contributed by atoms with E-state index in [4.69, 9.17) is 18.9 Å². The highest BCUT2D eigenvalue weighted by Gasteiger charge is 2.35. The number of amides is 2. The fourth-order valence-corrected chi connectivity index (χ4v) is 4.88. The summed E-state index contributed by atoms with van der Waals surface area (Å²) in [7, 11) is 0. The third-order valence-corrected chi connectivity index (χ3v) is 7.03. The lowest BCUT2D eigenvalue weighted by Crippen LogP contribution is -2.48. The Morgan fingerprint density at radius 2 is 1.75 bits per heavy atom. The first-order valence-corrected chi connectivity index (χ1v) is 14.3. The number of nitrogens with one attached hydrogen (secondary N) is 2. The van der Waals surface area contributed by atoms with E-state index in [1.165, 1.54) is 18.3 Å². The van der Waals surface area contributed by atoms with E-state index in [9.17, 15) is 19.2 Å². The van der Waals surface area contributed by atoms with Crippen molar-refractivity contribution in [2.24, 2.45) is 4.99 Å². The zero-order valence-electron chi connectivity index (χ0n) is 23.1. The molecule has 1 aliphatic heterocycles. The second kappa shape index (κ2) is 13.6. The lowest BCUT2D eigenvalue weighted by molar-refractivity contribution is -0.142. The number of aliphatic imine (C=N–C) groups is 1. The van der Waals surface area contributed by atoms with Crippen molar-refractivity contribution in [1.82, 2.24) is 10.3 Å². The second-order valence-electron chi connectivity index (χ2n) is 9.13. The number of aromatic nitrogens is 1. The molecular formula is C26H32N4O8S2. The summed E-state index contributed by atoms with van der Waals surface area (Å²) in [5.41, 5.74) is -1.20. The molecule has 0 saturated carbocycles. The average Bonchev–Trinajstić information content (AvgIpc) is 3.53. The maximum absolute atomic E-state index is 13.1. The first kappa shape index (κ1) is 30.9. The number of anilines is 1. The molecule has 12 nitrogen and oxygen atoms in total. The van der Waals surface area contributed by atoms with Crippen LogP contribution in [0.15, 0.2) is 29.4 Å². The predicted octanol–water partition coefficient (Wildman–Crippen LogP) is 3.67. The molecule has 216 valence electrons. The van der Waals surface area contributed by atoms with E-state index in [2.05, 4.69) is 20.6 Å². The number of rotatable bonds is 11. The van der Waals surface area contributed by atoms with Crippen LogP contribution in [0.4, 0.5) is 5.13 Å². The molecule has 2 N–H and O–H groups in total. The molecule has 2 amide bonds. The third kappa shape index (κ3) is 8.42. The molecule has 1 aromatic carbocycles. The molecule has 0 aliphatic carbocycles. The Bertz CT molecular complexity index is 1290. The molecule has 1 aliphatic rings. The van der Waals surface area contributed by atoms with Gasteiger partial charge in [0.1, 0.15) is 21.6 Å². The van der Waals surface area contributed by atoms with Gasteiger partial charge in [-0.2, -0.15) is 0 Å². The number of carbonyl (C=O) groups is 4. The number of thiazole rings is 1. The van der Waals surface area contributed by atoms with Crippen LogP contribution in [0.3, 0.4) is 0 Å². The van der Waals surface area contributed by atoms with Crippen molar-refractivity contribution in [2.75, 3.05) is 25.1 Å². The van der Waals surface area contributed by atoms with Gasteiger partial charge in [0.05, 0.1) is 32.1 Å². The van der Waals surface area contributed by atoms with Gasteiger partial charge in [-0.3, -0.25) is 24.7 Å². The lowest BCUT2D eigenvalue weighted by Gasteiger charge is -2.26. The Labute approximate surface area is 240 Å². The van der Waals surface area contributed by atoms with Crippen molar-refractivity contribution in [1.29, 1.82) is 0 Å². The normalized spacial score (nSPS) is 14.8. The van der Waals surface area contributed by atoms with Crippen molar-refractivity contribution in [3.05, 3.63) is 34.8 Å². The zero-order chi connectivity index (χ0) is 29.4. The van der Waals surface area contributed by atoms with Gasteiger partial charge in [-0.25, -0.2) is 9.78 Å². The van der Waals surface area contributed by atoms with Gasteiger partial charge in [-0.1, -0.05) is 23.1 Å². The second-order valence-corrected chi connectivity index (χ2v) is 11.4. The Morgan fingerprint density at radius 3 is 2.42 bits per heavy atom. The highest BCUT2D eigenvalue weighted by atomic mass is 32.2. The summed E-state index contributed by atoms with van der Waals surface area (Å²) < 4.78 is 21.8. The number of hydrogen-bond donors (Lipinski definition) is 2. The lowest BCUT2D eigenvalue weighted by atomic mass is 10.1. The van der Waals surface area contributed by atoms with Crippen LogP contribution < -0.4 is 20.1 Å². The Morgan fingerprint density at radius 1 is 1.05 bits per heavy atom. The van der Waals surface area contributed by atoms with E-state index in [0.717, 1.165) is 23.1 Å². The Balaban J connectivity index is 1.73. The molecular weight excluding hydrogens is 560 g/mol. The molecule has 2 heterocycles. The molecule has 1 unspecified atom stereocenters. The summed E-state index contributed by atoms with van der Waals surface area (Å²) in [6.07, 6.45) is 1.13. The van der Waals surface area contributed by atoms with Crippen LogP contribution in [0, 0.1) is 0 Å². The van der Waals surface area contributed by atoms with E-state index in [0.29, 0.717) is 10.9 Å². The van der Waals surface area contributed by atoms with Crippen LogP contribution in [-0.2, 0) is 19.1 Å². The maximum Gasteiger partial charge on any atom is 0.350 e. The Kier molecular flexibility index (Phi) is 10.5. The minimum absolute atomic E-state index is 0.185. The number of benzene rings is 1. The predicted molar refractivity (Wildman–Crippen MR) is 151 cm³/mol. The van der Waals surface area contributed by atoms with Crippen LogP contribution in [0.5, 0.6) is 11.5 Å². The highest BCUT2D eigenvalue weighted by Crippen LogP contribution is 2.29. The molecule has 14 heteroatoms. The summed E-state index contributed by atoms with van der Waals surface area (Å²) in [5.74, 6) is -1.37. The van der Waals surface area contributed by atoms with Crippen molar-refractivity contribution in [2.45, 2.75) is 58.5 Å². The number of hydrogen-bond acceptors (Lipinski definition) is 12. The monoisotopic (exact) mass is 592 g/mol. The number of nitrogens with zero attached hydrogens (tertiary/aromatic N) is 2. The SMILES string of the molecule is CCOC(=O)c1cnc(NC(=O)c2cc(OC(C)C)cc(OC(C)(C)C(=O)NC3=NCC(C(=O)OCC)S3)c2)s1. The third-order valence-electron chi connectivity index (χ3n) is 5.06. The minimum atomic E-state index is -1.39. The Hall–Kier alpha value is -3.65. The van der Waals surface area contributed by atoms with Crippen LogP contribution in [0.25, 0.3) is 0 Å². The molecule has 0 radical (unpaired) electrons. The van der Waals surface area contributed by atoms with Crippen molar-refractivity contribution < 1.29 is 38.1 Å². The van der Waals surface area contributed by atoms with Gasteiger partial charge in [-0.05, 0) is 53.7 Å². The molecule has 1 atom stereocenters. The van der Waals surface area contributed by atoms with Crippen LogP contribution in [-0.4, -0.2) is 70.6 Å². The largest absolute Gasteiger partial charge is 0.491 e. The number of carbonyl (C=O) groups excluding carboxylic acids is 4. The van der Waals surface area contributed by atoms with Crippen LogP contribution in [0.1, 0.15) is 61.6 Å². The summed E-state index contributed by atoms with van der Waals surface area (Å²) in [6.45, 7) is 10.9. The van der Waals surface area contributed by atoms with Crippen molar-refractivity contribution in [3.8, 4) is 11.5 Å². The highest BCUT2D eigenvalue weighted by molar-refractivity contribution is 8.15. The van der Waals surface area contributed by atoms with Crippen LogP contribution in [0.2, 0.25) is 0 Å². The molecule has 2 aromatic rings. The topological polar surface area (TPSA) is 155 Å². The quantitative estimate of drug-likeness (QED) is 0.369. The van der Waals surface area contributed by atoms with E-state index in [-0.39, 0.29) is 47.2 Å². The number of ether oxygens (including phenoxy) is 4. The molecule has 0 bridgehead atoms. The van der Waals surface area contributed by atoms with Crippen molar-refractivity contribution in [3.63, 3.8) is 0 Å². The number of esters is 2. The zero-order valence-corrected chi connectivity index (χ0v) is 24.7.